The van der Waals surface area contributed by atoms with Crippen LogP contribution in [0.4, 0.5) is 5.69 Å². The van der Waals surface area contributed by atoms with Gasteiger partial charge in [-0.2, -0.15) is 0 Å². The topological polar surface area (TPSA) is 41.1 Å². The van der Waals surface area contributed by atoms with E-state index in [-0.39, 0.29) is 5.91 Å². The van der Waals surface area contributed by atoms with Gasteiger partial charge in [0.15, 0.2) is 0 Å². The van der Waals surface area contributed by atoms with E-state index in [1.165, 1.54) is 19.3 Å². The van der Waals surface area contributed by atoms with Crippen molar-refractivity contribution in [2.45, 2.75) is 38.6 Å². The maximum Gasteiger partial charge on any atom is 0.224 e. The summed E-state index contributed by atoms with van der Waals surface area (Å²) in [6.45, 7) is 3.25. The monoisotopic (exact) mass is 246 g/mol. The number of carbonyl (C=O) groups excluding carboxylic acids is 1. The van der Waals surface area contributed by atoms with Crippen molar-refractivity contribution in [3.63, 3.8) is 0 Å². The van der Waals surface area contributed by atoms with Crippen LogP contribution in [0.3, 0.4) is 0 Å². The minimum absolute atomic E-state index is 0.112. The zero-order valence-electron chi connectivity index (χ0n) is 11.0. The lowest BCUT2D eigenvalue weighted by Gasteiger charge is -2.28. The quantitative estimate of drug-likeness (QED) is 0.857. The third-order valence-corrected chi connectivity index (χ3v) is 3.60. The molecule has 2 rings (SSSR count). The molecule has 0 saturated carbocycles. The summed E-state index contributed by atoms with van der Waals surface area (Å²) in [4.78, 5) is 11.9. The molecule has 1 amide bonds. The maximum absolute atomic E-state index is 11.9. The van der Waals surface area contributed by atoms with E-state index >= 15 is 0 Å². The van der Waals surface area contributed by atoms with E-state index in [0.717, 1.165) is 12.2 Å². The summed E-state index contributed by atoms with van der Waals surface area (Å²) in [7, 11) is 0. The summed E-state index contributed by atoms with van der Waals surface area (Å²) in [6.07, 6.45) is 4.33. The van der Waals surface area contributed by atoms with Crippen LogP contribution < -0.4 is 10.6 Å². The van der Waals surface area contributed by atoms with Gasteiger partial charge in [0, 0.05) is 18.2 Å². The molecule has 0 bridgehead atoms. The largest absolute Gasteiger partial charge is 0.326 e. The molecule has 1 aromatic carbocycles. The van der Waals surface area contributed by atoms with E-state index in [2.05, 4.69) is 17.6 Å². The molecule has 1 saturated heterocycles. The average molecular weight is 246 g/mol. The third kappa shape index (κ3) is 3.84. The fourth-order valence-electron chi connectivity index (χ4n) is 2.53. The molecular weight excluding hydrogens is 224 g/mol. The lowest BCUT2D eigenvalue weighted by atomic mass is 9.91. The predicted octanol–water partition coefficient (Wildman–Crippen LogP) is 2.79. The molecule has 1 heterocycles. The molecule has 0 aliphatic carbocycles. The van der Waals surface area contributed by atoms with Gasteiger partial charge in [-0.15, -0.1) is 0 Å². The lowest BCUT2D eigenvalue weighted by Crippen LogP contribution is -2.40. The van der Waals surface area contributed by atoms with Crippen LogP contribution >= 0.6 is 0 Å². The lowest BCUT2D eigenvalue weighted by molar-refractivity contribution is -0.117. The van der Waals surface area contributed by atoms with E-state index in [0.29, 0.717) is 18.4 Å². The highest BCUT2D eigenvalue weighted by Gasteiger charge is 2.21. The molecule has 18 heavy (non-hydrogen) atoms. The van der Waals surface area contributed by atoms with Crippen molar-refractivity contribution in [1.29, 1.82) is 0 Å². The number of hydrogen-bond donors (Lipinski definition) is 2. The number of hydrogen-bond acceptors (Lipinski definition) is 2. The molecule has 2 N–H and O–H groups in total. The number of piperidine rings is 1. The van der Waals surface area contributed by atoms with Gasteiger partial charge in [0.05, 0.1) is 0 Å². The third-order valence-electron chi connectivity index (χ3n) is 3.60. The molecule has 3 nitrogen and oxygen atoms in total. The first kappa shape index (κ1) is 13.1. The van der Waals surface area contributed by atoms with Crippen LogP contribution in [0.5, 0.6) is 0 Å². The molecule has 1 aliphatic rings. The Morgan fingerprint density at radius 3 is 2.83 bits per heavy atom. The number of carbonyl (C=O) groups is 1. The highest BCUT2D eigenvalue weighted by molar-refractivity contribution is 5.90. The van der Waals surface area contributed by atoms with Crippen molar-refractivity contribution >= 4 is 11.6 Å². The van der Waals surface area contributed by atoms with Crippen molar-refractivity contribution < 1.29 is 4.79 Å². The number of nitrogens with one attached hydrogen (secondary N) is 2. The van der Waals surface area contributed by atoms with E-state index in [4.69, 9.17) is 0 Å². The zero-order chi connectivity index (χ0) is 12.8. The van der Waals surface area contributed by atoms with Crippen molar-refractivity contribution in [3.8, 4) is 0 Å². The van der Waals surface area contributed by atoms with Gasteiger partial charge in [0.1, 0.15) is 0 Å². The number of benzene rings is 1. The van der Waals surface area contributed by atoms with Crippen LogP contribution in [0.25, 0.3) is 0 Å². The Hall–Kier alpha value is -1.35. The maximum atomic E-state index is 11.9. The van der Waals surface area contributed by atoms with Crippen LogP contribution in [-0.4, -0.2) is 18.5 Å². The fourth-order valence-corrected chi connectivity index (χ4v) is 2.53. The predicted molar refractivity (Wildman–Crippen MR) is 74.5 cm³/mol. The number of anilines is 1. The highest BCUT2D eigenvalue weighted by Crippen LogP contribution is 2.18. The average Bonchev–Trinajstić information content (AvgIpc) is 2.40. The Morgan fingerprint density at radius 1 is 1.39 bits per heavy atom. The molecule has 1 aromatic rings. The Morgan fingerprint density at radius 2 is 2.17 bits per heavy atom. The molecule has 3 heteroatoms. The molecular formula is C15H22N2O. The summed E-state index contributed by atoms with van der Waals surface area (Å²) in [5, 5.41) is 6.45. The van der Waals surface area contributed by atoms with E-state index in [1.54, 1.807) is 0 Å². The fraction of sp³-hybridized carbons (Fsp3) is 0.533. The van der Waals surface area contributed by atoms with Crippen molar-refractivity contribution in [2.75, 3.05) is 11.9 Å². The summed E-state index contributed by atoms with van der Waals surface area (Å²) >= 11 is 0. The molecule has 0 aromatic heterocycles. The Labute approximate surface area is 109 Å². The smallest absolute Gasteiger partial charge is 0.224 e. The van der Waals surface area contributed by atoms with Gasteiger partial charge in [-0.3, -0.25) is 4.79 Å². The van der Waals surface area contributed by atoms with Gasteiger partial charge in [-0.05, 0) is 37.4 Å². The molecule has 0 unspecified atom stereocenters. The van der Waals surface area contributed by atoms with Gasteiger partial charge in [0.25, 0.3) is 0 Å². The zero-order valence-corrected chi connectivity index (χ0v) is 11.0. The van der Waals surface area contributed by atoms with Crippen molar-refractivity contribution in [1.82, 2.24) is 5.32 Å². The van der Waals surface area contributed by atoms with Gasteiger partial charge >= 0.3 is 0 Å². The number of rotatable bonds is 4. The molecule has 98 valence electrons. The minimum atomic E-state index is 0.112. The Balaban J connectivity index is 1.79. The van der Waals surface area contributed by atoms with Crippen LogP contribution in [-0.2, 0) is 4.79 Å². The van der Waals surface area contributed by atoms with Gasteiger partial charge in [-0.1, -0.05) is 31.5 Å². The molecule has 2 atom stereocenters. The van der Waals surface area contributed by atoms with Crippen LogP contribution in [0.15, 0.2) is 30.3 Å². The molecule has 1 fully saturated rings. The van der Waals surface area contributed by atoms with E-state index in [9.17, 15) is 4.79 Å². The first-order chi connectivity index (χ1) is 8.75. The first-order valence-corrected chi connectivity index (χ1v) is 6.84. The SMILES string of the molecule is C[C@H](CC(=O)Nc1ccccc1)[C@@H]1CCCCN1. The molecule has 1 aliphatic heterocycles. The second-order valence-corrected chi connectivity index (χ2v) is 5.15. The van der Waals surface area contributed by atoms with Crippen molar-refractivity contribution in [2.24, 2.45) is 5.92 Å². The summed E-state index contributed by atoms with van der Waals surface area (Å²) in [5.74, 6) is 0.509. The summed E-state index contributed by atoms with van der Waals surface area (Å²) in [5.41, 5.74) is 0.881. The first-order valence-electron chi connectivity index (χ1n) is 6.84. The molecule has 0 spiro atoms. The van der Waals surface area contributed by atoms with Gasteiger partial charge < -0.3 is 10.6 Å². The van der Waals surface area contributed by atoms with Gasteiger partial charge in [0.2, 0.25) is 5.91 Å². The van der Waals surface area contributed by atoms with Crippen molar-refractivity contribution in [3.05, 3.63) is 30.3 Å². The number of para-hydroxylation sites is 1. The minimum Gasteiger partial charge on any atom is -0.326 e. The van der Waals surface area contributed by atoms with E-state index in [1.807, 2.05) is 30.3 Å². The van der Waals surface area contributed by atoms with Crippen LogP contribution in [0.1, 0.15) is 32.6 Å². The van der Waals surface area contributed by atoms with E-state index < -0.39 is 0 Å². The summed E-state index contributed by atoms with van der Waals surface area (Å²) < 4.78 is 0. The van der Waals surface area contributed by atoms with Gasteiger partial charge in [-0.25, -0.2) is 0 Å². The highest BCUT2D eigenvalue weighted by atomic mass is 16.1. The standard InChI is InChI=1S/C15H22N2O/c1-12(14-9-5-6-10-16-14)11-15(18)17-13-7-3-2-4-8-13/h2-4,7-8,12,14,16H,5-6,9-11H2,1H3,(H,17,18)/t12-,14+/m1/s1. The van der Waals surface area contributed by atoms with Crippen LogP contribution in [0, 0.1) is 5.92 Å². The summed E-state index contributed by atoms with van der Waals surface area (Å²) in [6, 6.07) is 10.1. The second-order valence-electron chi connectivity index (χ2n) is 5.15. The Kier molecular flexibility index (Phi) is 4.76. The molecule has 0 radical (unpaired) electrons. The normalized spacial score (nSPS) is 21.3. The van der Waals surface area contributed by atoms with Crippen LogP contribution in [0.2, 0.25) is 0 Å². The number of amides is 1. The second kappa shape index (κ2) is 6.55. The Bertz CT molecular complexity index is 371.